The number of hydrogen-bond donors (Lipinski definition) is 1. The molecule has 1 aromatic carbocycles. The summed E-state index contributed by atoms with van der Waals surface area (Å²) in [6.07, 6.45) is 0. The van der Waals surface area contributed by atoms with E-state index in [2.05, 4.69) is 46.8 Å². The third-order valence-corrected chi connectivity index (χ3v) is 4.37. The van der Waals surface area contributed by atoms with Crippen molar-refractivity contribution in [3.05, 3.63) is 40.2 Å². The first-order chi connectivity index (χ1) is 9.33. The van der Waals surface area contributed by atoms with Crippen LogP contribution in [0.4, 0.5) is 0 Å². The molecule has 1 aliphatic rings. The summed E-state index contributed by atoms with van der Waals surface area (Å²) in [5, 5.41) is 6.78. The second-order valence-electron chi connectivity index (χ2n) is 4.97. The van der Waals surface area contributed by atoms with E-state index in [1.165, 1.54) is 16.1 Å². The molecule has 0 atom stereocenters. The Morgan fingerprint density at radius 2 is 2.05 bits per heavy atom. The maximum atomic E-state index is 4.79. The molecule has 2 aromatic rings. The molecule has 0 bridgehead atoms. The molecule has 3 nitrogen and oxygen atoms in total. The van der Waals surface area contributed by atoms with Crippen LogP contribution in [0.1, 0.15) is 10.6 Å². The van der Waals surface area contributed by atoms with Crippen LogP contribution in [-0.2, 0) is 6.54 Å². The smallest absolute Gasteiger partial charge is 0.107 e. The van der Waals surface area contributed by atoms with Crippen LogP contribution in [0.15, 0.2) is 29.6 Å². The fourth-order valence-corrected chi connectivity index (χ4v) is 3.26. The molecule has 4 heteroatoms. The summed E-state index contributed by atoms with van der Waals surface area (Å²) in [4.78, 5) is 7.26. The molecule has 0 aliphatic carbocycles. The highest BCUT2D eigenvalue weighted by atomic mass is 32.1. The molecular weight excluding hydrogens is 254 g/mol. The van der Waals surface area contributed by atoms with Crippen LogP contribution < -0.4 is 5.32 Å². The zero-order valence-corrected chi connectivity index (χ0v) is 12.0. The highest BCUT2D eigenvalue weighted by Crippen LogP contribution is 2.25. The first-order valence-corrected chi connectivity index (χ1v) is 7.64. The van der Waals surface area contributed by atoms with E-state index in [0.29, 0.717) is 0 Å². The highest BCUT2D eigenvalue weighted by Gasteiger charge is 2.13. The molecule has 1 N–H and O–H groups in total. The van der Waals surface area contributed by atoms with Crippen molar-refractivity contribution in [1.29, 1.82) is 0 Å². The lowest BCUT2D eigenvalue weighted by molar-refractivity contribution is 0.233. The van der Waals surface area contributed by atoms with Crippen LogP contribution in [0.5, 0.6) is 0 Å². The predicted molar refractivity (Wildman–Crippen MR) is 80.4 cm³/mol. The Labute approximate surface area is 118 Å². The van der Waals surface area contributed by atoms with Gasteiger partial charge in [-0.05, 0) is 12.5 Å². The van der Waals surface area contributed by atoms with Gasteiger partial charge < -0.3 is 5.32 Å². The van der Waals surface area contributed by atoms with Gasteiger partial charge >= 0.3 is 0 Å². The minimum absolute atomic E-state index is 0.984. The summed E-state index contributed by atoms with van der Waals surface area (Å²) in [5.74, 6) is 0. The Morgan fingerprint density at radius 3 is 2.84 bits per heavy atom. The highest BCUT2D eigenvalue weighted by molar-refractivity contribution is 7.09. The number of piperazine rings is 1. The minimum atomic E-state index is 0.984. The molecule has 19 heavy (non-hydrogen) atoms. The minimum Gasteiger partial charge on any atom is -0.314 e. The van der Waals surface area contributed by atoms with Crippen molar-refractivity contribution < 1.29 is 0 Å². The monoisotopic (exact) mass is 273 g/mol. The summed E-state index contributed by atoms with van der Waals surface area (Å²) in [6.45, 7) is 7.56. The average Bonchev–Trinajstić information content (AvgIpc) is 2.89. The number of hydrogen-bond acceptors (Lipinski definition) is 4. The van der Waals surface area contributed by atoms with Crippen molar-refractivity contribution >= 4 is 11.3 Å². The van der Waals surface area contributed by atoms with Crippen LogP contribution in [0, 0.1) is 6.92 Å². The molecule has 2 heterocycles. The van der Waals surface area contributed by atoms with Gasteiger partial charge in [0.25, 0.3) is 0 Å². The van der Waals surface area contributed by atoms with E-state index >= 15 is 0 Å². The van der Waals surface area contributed by atoms with E-state index in [0.717, 1.165) is 38.4 Å². The number of nitrogens with one attached hydrogen (secondary N) is 1. The molecule has 0 saturated carbocycles. The van der Waals surface area contributed by atoms with Gasteiger partial charge in [-0.2, -0.15) is 0 Å². The first kappa shape index (κ1) is 12.8. The van der Waals surface area contributed by atoms with E-state index in [1.54, 1.807) is 11.3 Å². The van der Waals surface area contributed by atoms with Crippen molar-refractivity contribution in [2.75, 3.05) is 26.2 Å². The Hall–Kier alpha value is -1.23. The maximum Gasteiger partial charge on any atom is 0.107 e. The van der Waals surface area contributed by atoms with Gasteiger partial charge in [-0.25, -0.2) is 4.98 Å². The summed E-state index contributed by atoms with van der Waals surface area (Å²) >= 11 is 1.77. The lowest BCUT2D eigenvalue weighted by atomic mass is 10.1. The number of benzene rings is 1. The van der Waals surface area contributed by atoms with Crippen LogP contribution in [0.3, 0.4) is 0 Å². The van der Waals surface area contributed by atoms with Gasteiger partial charge in [0, 0.05) is 37.1 Å². The maximum absolute atomic E-state index is 4.79. The number of aromatic nitrogens is 1. The second kappa shape index (κ2) is 5.82. The molecule has 1 aromatic heterocycles. The average molecular weight is 273 g/mol. The van der Waals surface area contributed by atoms with Crippen molar-refractivity contribution in [2.45, 2.75) is 13.5 Å². The quantitative estimate of drug-likeness (QED) is 0.931. The van der Waals surface area contributed by atoms with Gasteiger partial charge in [0.2, 0.25) is 0 Å². The largest absolute Gasteiger partial charge is 0.314 e. The van der Waals surface area contributed by atoms with E-state index in [9.17, 15) is 0 Å². The molecule has 1 fully saturated rings. The van der Waals surface area contributed by atoms with Crippen molar-refractivity contribution in [1.82, 2.24) is 15.2 Å². The first-order valence-electron chi connectivity index (χ1n) is 6.76. The summed E-state index contributed by atoms with van der Waals surface area (Å²) in [7, 11) is 0. The van der Waals surface area contributed by atoms with Crippen molar-refractivity contribution in [2.24, 2.45) is 0 Å². The fourth-order valence-electron chi connectivity index (χ4n) is 2.43. The number of aryl methyl sites for hydroxylation is 1. The van der Waals surface area contributed by atoms with Gasteiger partial charge in [-0.15, -0.1) is 11.3 Å². The van der Waals surface area contributed by atoms with Gasteiger partial charge in [-0.3, -0.25) is 4.90 Å². The van der Waals surface area contributed by atoms with Gasteiger partial charge in [0.1, 0.15) is 5.01 Å². The second-order valence-corrected chi connectivity index (χ2v) is 5.91. The Morgan fingerprint density at radius 1 is 1.26 bits per heavy atom. The Bertz CT molecular complexity index is 544. The summed E-state index contributed by atoms with van der Waals surface area (Å²) in [6, 6.07) is 8.45. The SMILES string of the molecule is Cc1ccccc1-c1csc(CN2CCNCC2)n1. The van der Waals surface area contributed by atoms with E-state index < -0.39 is 0 Å². The molecule has 0 amide bonds. The normalized spacial score (nSPS) is 16.7. The molecule has 100 valence electrons. The van der Waals surface area contributed by atoms with E-state index in [1.807, 2.05) is 0 Å². The van der Waals surface area contributed by atoms with Crippen molar-refractivity contribution in [3.63, 3.8) is 0 Å². The molecular formula is C15H19N3S. The standard InChI is InChI=1S/C15H19N3S/c1-12-4-2-3-5-13(12)14-11-19-15(17-14)10-18-8-6-16-7-9-18/h2-5,11,16H,6-10H2,1H3. The molecule has 0 unspecified atom stereocenters. The molecule has 1 aliphatic heterocycles. The topological polar surface area (TPSA) is 28.2 Å². The lowest BCUT2D eigenvalue weighted by Gasteiger charge is -2.26. The number of thiazole rings is 1. The van der Waals surface area contributed by atoms with Crippen LogP contribution in [-0.4, -0.2) is 36.1 Å². The fraction of sp³-hybridized carbons (Fsp3) is 0.400. The molecule has 3 rings (SSSR count). The molecule has 1 saturated heterocycles. The summed E-state index contributed by atoms with van der Waals surface area (Å²) in [5.41, 5.74) is 3.67. The third kappa shape index (κ3) is 3.03. The zero-order chi connectivity index (χ0) is 13.1. The number of rotatable bonds is 3. The lowest BCUT2D eigenvalue weighted by Crippen LogP contribution is -2.42. The van der Waals surface area contributed by atoms with Gasteiger partial charge in [0.05, 0.1) is 12.2 Å². The van der Waals surface area contributed by atoms with E-state index in [-0.39, 0.29) is 0 Å². The van der Waals surface area contributed by atoms with Gasteiger partial charge in [-0.1, -0.05) is 24.3 Å². The predicted octanol–water partition coefficient (Wildman–Crippen LogP) is 2.52. The Kier molecular flexibility index (Phi) is 3.92. The van der Waals surface area contributed by atoms with Crippen LogP contribution >= 0.6 is 11.3 Å². The third-order valence-electron chi connectivity index (χ3n) is 3.54. The number of nitrogens with zero attached hydrogens (tertiary/aromatic N) is 2. The molecule has 0 radical (unpaired) electrons. The van der Waals surface area contributed by atoms with Gasteiger partial charge in [0.15, 0.2) is 0 Å². The summed E-state index contributed by atoms with van der Waals surface area (Å²) < 4.78 is 0. The molecule has 0 spiro atoms. The van der Waals surface area contributed by atoms with E-state index in [4.69, 9.17) is 4.98 Å². The van der Waals surface area contributed by atoms with Crippen LogP contribution in [0.25, 0.3) is 11.3 Å². The van der Waals surface area contributed by atoms with Crippen molar-refractivity contribution in [3.8, 4) is 11.3 Å². The Balaban J connectivity index is 1.74. The zero-order valence-electron chi connectivity index (χ0n) is 11.2. The van der Waals surface area contributed by atoms with Crippen LogP contribution in [0.2, 0.25) is 0 Å².